The molecule has 5 nitrogen and oxygen atoms in total. The number of aliphatic hydroxyl groups is 1. The van der Waals surface area contributed by atoms with Crippen molar-refractivity contribution in [3.63, 3.8) is 0 Å². The predicted octanol–water partition coefficient (Wildman–Crippen LogP) is 0.705. The largest absolute Gasteiger partial charge is 0.394 e. The second-order valence-electron chi connectivity index (χ2n) is 4.76. The minimum Gasteiger partial charge on any atom is -0.394 e. The van der Waals surface area contributed by atoms with Gasteiger partial charge in [0.1, 0.15) is 12.1 Å². The second kappa shape index (κ2) is 5.42. The Kier molecular flexibility index (Phi) is 3.91. The lowest BCUT2D eigenvalue weighted by atomic mass is 9.99. The molecule has 1 aliphatic rings. The van der Waals surface area contributed by atoms with Crippen LogP contribution in [0.1, 0.15) is 31.5 Å². The van der Waals surface area contributed by atoms with E-state index in [4.69, 9.17) is 10.8 Å². The number of hydrogen-bond donors (Lipinski definition) is 2. The van der Waals surface area contributed by atoms with Gasteiger partial charge in [0.05, 0.1) is 18.3 Å². The van der Waals surface area contributed by atoms with Crippen LogP contribution in [0.25, 0.3) is 0 Å². The van der Waals surface area contributed by atoms with Crippen LogP contribution in [0.4, 0.5) is 5.82 Å². The SMILES string of the molecule is CC1CCN(c2cc(C(N)CO)ncn2)CC1. The highest BCUT2D eigenvalue weighted by molar-refractivity contribution is 5.39. The van der Waals surface area contributed by atoms with Gasteiger partial charge >= 0.3 is 0 Å². The van der Waals surface area contributed by atoms with E-state index in [-0.39, 0.29) is 6.61 Å². The summed E-state index contributed by atoms with van der Waals surface area (Å²) in [6.45, 7) is 4.26. The quantitative estimate of drug-likeness (QED) is 0.808. The number of hydrogen-bond acceptors (Lipinski definition) is 5. The normalized spacial score (nSPS) is 19.4. The molecular weight excluding hydrogens is 216 g/mol. The molecule has 1 aromatic heterocycles. The third kappa shape index (κ3) is 2.92. The van der Waals surface area contributed by atoms with E-state index in [0.717, 1.165) is 24.8 Å². The number of aromatic nitrogens is 2. The van der Waals surface area contributed by atoms with E-state index in [2.05, 4.69) is 21.8 Å². The molecule has 0 aliphatic carbocycles. The minimum absolute atomic E-state index is 0.0898. The highest BCUT2D eigenvalue weighted by Crippen LogP contribution is 2.22. The smallest absolute Gasteiger partial charge is 0.132 e. The van der Waals surface area contributed by atoms with Crippen LogP contribution in [0.2, 0.25) is 0 Å². The lowest BCUT2D eigenvalue weighted by Crippen LogP contribution is -2.33. The summed E-state index contributed by atoms with van der Waals surface area (Å²) in [7, 11) is 0. The Morgan fingerprint density at radius 1 is 1.47 bits per heavy atom. The Morgan fingerprint density at radius 3 is 2.82 bits per heavy atom. The second-order valence-corrected chi connectivity index (χ2v) is 4.76. The van der Waals surface area contributed by atoms with Crippen molar-refractivity contribution in [3.8, 4) is 0 Å². The molecule has 0 radical (unpaired) electrons. The molecule has 1 aliphatic heterocycles. The van der Waals surface area contributed by atoms with Crippen LogP contribution in [0.15, 0.2) is 12.4 Å². The van der Waals surface area contributed by atoms with Gasteiger partial charge in [0.15, 0.2) is 0 Å². The molecule has 5 heteroatoms. The van der Waals surface area contributed by atoms with Crippen LogP contribution >= 0.6 is 0 Å². The number of rotatable bonds is 3. The molecule has 2 rings (SSSR count). The maximum atomic E-state index is 9.03. The summed E-state index contributed by atoms with van der Waals surface area (Å²) in [6, 6.07) is 1.47. The Bertz CT molecular complexity index is 363. The number of aliphatic hydroxyl groups excluding tert-OH is 1. The van der Waals surface area contributed by atoms with Crippen molar-refractivity contribution >= 4 is 5.82 Å². The summed E-state index contributed by atoms with van der Waals surface area (Å²) in [5.41, 5.74) is 6.46. The van der Waals surface area contributed by atoms with Crippen LogP contribution in [-0.2, 0) is 0 Å². The molecule has 1 atom stereocenters. The zero-order valence-corrected chi connectivity index (χ0v) is 10.2. The summed E-state index contributed by atoms with van der Waals surface area (Å²) < 4.78 is 0. The Labute approximate surface area is 102 Å². The van der Waals surface area contributed by atoms with Gasteiger partial charge < -0.3 is 15.7 Å². The first-order chi connectivity index (χ1) is 8.20. The summed E-state index contributed by atoms with van der Waals surface area (Å²) in [5.74, 6) is 1.72. The van der Waals surface area contributed by atoms with E-state index in [1.165, 1.54) is 19.2 Å². The maximum absolute atomic E-state index is 9.03. The van der Waals surface area contributed by atoms with Crippen LogP contribution in [0, 0.1) is 5.92 Å². The topological polar surface area (TPSA) is 75.3 Å². The van der Waals surface area contributed by atoms with Crippen LogP contribution in [0.5, 0.6) is 0 Å². The van der Waals surface area contributed by atoms with Gasteiger partial charge in [-0.15, -0.1) is 0 Å². The Balaban J connectivity index is 2.10. The maximum Gasteiger partial charge on any atom is 0.132 e. The van der Waals surface area contributed by atoms with Crippen molar-refractivity contribution in [3.05, 3.63) is 18.1 Å². The third-order valence-corrected chi connectivity index (χ3v) is 3.36. The molecule has 17 heavy (non-hydrogen) atoms. The van der Waals surface area contributed by atoms with E-state index in [1.807, 2.05) is 6.07 Å². The Hall–Kier alpha value is -1.20. The Morgan fingerprint density at radius 2 is 2.18 bits per heavy atom. The van der Waals surface area contributed by atoms with Crippen molar-refractivity contribution < 1.29 is 5.11 Å². The first-order valence-corrected chi connectivity index (χ1v) is 6.14. The molecule has 3 N–H and O–H groups in total. The van der Waals surface area contributed by atoms with Gasteiger partial charge in [-0.25, -0.2) is 9.97 Å². The van der Waals surface area contributed by atoms with Crippen LogP contribution in [0.3, 0.4) is 0 Å². The fourth-order valence-corrected chi connectivity index (χ4v) is 2.07. The molecule has 2 heterocycles. The standard InChI is InChI=1S/C12H20N4O/c1-9-2-4-16(5-3-9)12-6-11(10(13)7-17)14-8-15-12/h6,8-10,17H,2-5,7,13H2,1H3. The number of nitrogens with zero attached hydrogens (tertiary/aromatic N) is 3. The fourth-order valence-electron chi connectivity index (χ4n) is 2.07. The van der Waals surface area contributed by atoms with E-state index in [9.17, 15) is 0 Å². The molecule has 0 saturated carbocycles. The lowest BCUT2D eigenvalue weighted by molar-refractivity contribution is 0.266. The molecule has 0 bridgehead atoms. The van der Waals surface area contributed by atoms with Gasteiger partial charge in [-0.2, -0.15) is 0 Å². The molecule has 94 valence electrons. The monoisotopic (exact) mass is 236 g/mol. The number of nitrogens with two attached hydrogens (primary N) is 1. The highest BCUT2D eigenvalue weighted by atomic mass is 16.3. The first-order valence-electron chi connectivity index (χ1n) is 6.14. The molecule has 1 fully saturated rings. The van der Waals surface area contributed by atoms with Gasteiger partial charge in [-0.3, -0.25) is 0 Å². The zero-order chi connectivity index (χ0) is 12.3. The van der Waals surface area contributed by atoms with Crippen molar-refractivity contribution in [2.75, 3.05) is 24.6 Å². The third-order valence-electron chi connectivity index (χ3n) is 3.36. The van der Waals surface area contributed by atoms with Crippen molar-refractivity contribution in [2.24, 2.45) is 11.7 Å². The summed E-state index contributed by atoms with van der Waals surface area (Å²) in [5, 5.41) is 9.03. The average Bonchev–Trinajstić information content (AvgIpc) is 2.39. The van der Waals surface area contributed by atoms with Gasteiger partial charge in [-0.1, -0.05) is 6.92 Å². The predicted molar refractivity (Wildman–Crippen MR) is 66.7 cm³/mol. The first kappa shape index (κ1) is 12.3. The number of piperidine rings is 1. The fraction of sp³-hybridized carbons (Fsp3) is 0.667. The van der Waals surface area contributed by atoms with Gasteiger partial charge in [0.25, 0.3) is 0 Å². The average molecular weight is 236 g/mol. The molecular formula is C12H20N4O. The van der Waals surface area contributed by atoms with Crippen molar-refractivity contribution in [1.82, 2.24) is 9.97 Å². The number of anilines is 1. The molecule has 0 spiro atoms. The molecule has 1 unspecified atom stereocenters. The van der Waals surface area contributed by atoms with E-state index < -0.39 is 6.04 Å². The van der Waals surface area contributed by atoms with E-state index in [0.29, 0.717) is 5.69 Å². The minimum atomic E-state index is -0.416. The highest BCUT2D eigenvalue weighted by Gasteiger charge is 2.18. The summed E-state index contributed by atoms with van der Waals surface area (Å²) >= 11 is 0. The van der Waals surface area contributed by atoms with E-state index >= 15 is 0 Å². The van der Waals surface area contributed by atoms with Gasteiger partial charge in [0.2, 0.25) is 0 Å². The molecule has 1 aromatic rings. The van der Waals surface area contributed by atoms with E-state index in [1.54, 1.807) is 0 Å². The lowest BCUT2D eigenvalue weighted by Gasteiger charge is -2.31. The van der Waals surface area contributed by atoms with Gasteiger partial charge in [-0.05, 0) is 18.8 Å². The van der Waals surface area contributed by atoms with Gasteiger partial charge in [0, 0.05) is 19.2 Å². The molecule has 1 saturated heterocycles. The zero-order valence-electron chi connectivity index (χ0n) is 10.2. The molecule has 0 aromatic carbocycles. The summed E-state index contributed by atoms with van der Waals surface area (Å²) in [4.78, 5) is 10.6. The van der Waals surface area contributed by atoms with Crippen LogP contribution < -0.4 is 10.6 Å². The van der Waals surface area contributed by atoms with Crippen LogP contribution in [-0.4, -0.2) is 34.8 Å². The summed E-state index contributed by atoms with van der Waals surface area (Å²) in [6.07, 6.45) is 3.93. The van der Waals surface area contributed by atoms with Crippen molar-refractivity contribution in [1.29, 1.82) is 0 Å². The molecule has 0 amide bonds. The van der Waals surface area contributed by atoms with Crippen molar-refractivity contribution in [2.45, 2.75) is 25.8 Å².